The number of nitrogens with zero attached hydrogens (tertiary/aromatic N) is 1. The monoisotopic (exact) mass is 339 g/mol. The lowest BCUT2D eigenvalue weighted by atomic mass is 10.0. The van der Waals surface area contributed by atoms with E-state index in [0.717, 1.165) is 44.6 Å². The van der Waals surface area contributed by atoms with Crippen molar-refractivity contribution < 1.29 is 14.8 Å². The lowest BCUT2D eigenvalue weighted by Crippen LogP contribution is -2.91. The summed E-state index contributed by atoms with van der Waals surface area (Å²) >= 11 is 0. The summed E-state index contributed by atoms with van der Waals surface area (Å²) in [5.74, 6) is 1.13. The van der Waals surface area contributed by atoms with Gasteiger partial charge in [-0.15, -0.1) is 0 Å². The summed E-state index contributed by atoms with van der Waals surface area (Å²) in [6.07, 6.45) is 3.02. The van der Waals surface area contributed by atoms with Crippen LogP contribution in [0.3, 0.4) is 0 Å². The molecule has 1 aliphatic heterocycles. The molecule has 0 unspecified atom stereocenters. The van der Waals surface area contributed by atoms with Crippen LogP contribution in [0.4, 0.5) is 0 Å². The highest BCUT2D eigenvalue weighted by Gasteiger charge is 2.29. The molecule has 1 aliphatic rings. The number of carbonyl (C=O) groups is 1. The van der Waals surface area contributed by atoms with Crippen molar-refractivity contribution in [1.82, 2.24) is 4.90 Å². The minimum Gasteiger partial charge on any atom is -0.497 e. The fraction of sp³-hybridized carbons (Fsp3) is 0.381. The van der Waals surface area contributed by atoms with E-state index < -0.39 is 0 Å². The standard InChI is InChI=1S/C21H26N2O2/c1-25-19-11-9-18(10-12-19)16-22-20(15-17-7-3-2-4-8-17)21(24)23-13-5-6-14-23/h2-4,7-12,20,22H,5-6,13-16H2,1H3/p+1/t20-/m1/s1. The molecule has 1 atom stereocenters. The molecule has 0 bridgehead atoms. The van der Waals surface area contributed by atoms with E-state index in [2.05, 4.69) is 29.6 Å². The van der Waals surface area contributed by atoms with Gasteiger partial charge in [0.2, 0.25) is 0 Å². The number of rotatable bonds is 7. The highest BCUT2D eigenvalue weighted by Crippen LogP contribution is 2.12. The van der Waals surface area contributed by atoms with E-state index in [0.29, 0.717) is 0 Å². The Morgan fingerprint density at radius 1 is 1.04 bits per heavy atom. The summed E-state index contributed by atoms with van der Waals surface area (Å²) in [4.78, 5) is 15.0. The van der Waals surface area contributed by atoms with Crippen LogP contribution in [0.15, 0.2) is 54.6 Å². The van der Waals surface area contributed by atoms with E-state index in [1.807, 2.05) is 35.2 Å². The highest BCUT2D eigenvalue weighted by molar-refractivity contribution is 5.81. The second-order valence-corrected chi connectivity index (χ2v) is 6.62. The third kappa shape index (κ3) is 4.83. The van der Waals surface area contributed by atoms with Gasteiger partial charge >= 0.3 is 0 Å². The normalized spacial score (nSPS) is 15.2. The zero-order chi connectivity index (χ0) is 17.5. The molecule has 0 radical (unpaired) electrons. The number of benzene rings is 2. The van der Waals surface area contributed by atoms with Crippen molar-refractivity contribution in [2.45, 2.75) is 31.8 Å². The molecule has 1 heterocycles. The maximum absolute atomic E-state index is 12.9. The van der Waals surface area contributed by atoms with Gasteiger partial charge in [0.25, 0.3) is 5.91 Å². The Labute approximate surface area is 149 Å². The van der Waals surface area contributed by atoms with Crippen LogP contribution in [-0.4, -0.2) is 37.0 Å². The van der Waals surface area contributed by atoms with Gasteiger partial charge in [0.1, 0.15) is 12.3 Å². The summed E-state index contributed by atoms with van der Waals surface area (Å²) in [5, 5.41) is 2.18. The van der Waals surface area contributed by atoms with Crippen LogP contribution in [0, 0.1) is 0 Å². The lowest BCUT2D eigenvalue weighted by Gasteiger charge is -2.22. The molecule has 0 saturated carbocycles. The van der Waals surface area contributed by atoms with E-state index in [4.69, 9.17) is 4.74 Å². The summed E-state index contributed by atoms with van der Waals surface area (Å²) in [6.45, 7) is 2.60. The Hall–Kier alpha value is -2.33. The minimum absolute atomic E-state index is 0.0670. The first kappa shape index (κ1) is 17.5. The number of carbonyl (C=O) groups excluding carboxylic acids is 1. The van der Waals surface area contributed by atoms with Crippen LogP contribution in [0.1, 0.15) is 24.0 Å². The van der Waals surface area contributed by atoms with E-state index in [9.17, 15) is 4.79 Å². The molecule has 1 saturated heterocycles. The maximum atomic E-state index is 12.9. The summed E-state index contributed by atoms with van der Waals surface area (Å²) in [5.41, 5.74) is 2.42. The third-order valence-corrected chi connectivity index (χ3v) is 4.83. The van der Waals surface area contributed by atoms with Crippen molar-refractivity contribution in [3.8, 4) is 5.75 Å². The molecule has 4 nitrogen and oxygen atoms in total. The van der Waals surface area contributed by atoms with Crippen LogP contribution < -0.4 is 10.1 Å². The summed E-state index contributed by atoms with van der Waals surface area (Å²) in [6, 6.07) is 18.3. The van der Waals surface area contributed by atoms with E-state index in [1.165, 1.54) is 11.1 Å². The number of quaternary nitrogens is 1. The lowest BCUT2D eigenvalue weighted by molar-refractivity contribution is -0.692. The highest BCUT2D eigenvalue weighted by atomic mass is 16.5. The van der Waals surface area contributed by atoms with Crippen LogP contribution in [0.25, 0.3) is 0 Å². The molecule has 132 valence electrons. The predicted octanol–water partition coefficient (Wildman–Crippen LogP) is 1.99. The molecule has 2 aromatic carbocycles. The van der Waals surface area contributed by atoms with Gasteiger partial charge < -0.3 is 15.0 Å². The molecule has 1 amide bonds. The predicted molar refractivity (Wildman–Crippen MR) is 98.4 cm³/mol. The molecule has 2 N–H and O–H groups in total. The van der Waals surface area contributed by atoms with Crippen LogP contribution in [0.5, 0.6) is 5.75 Å². The van der Waals surface area contributed by atoms with Crippen molar-refractivity contribution in [1.29, 1.82) is 0 Å². The van der Waals surface area contributed by atoms with Crippen LogP contribution in [0.2, 0.25) is 0 Å². The van der Waals surface area contributed by atoms with E-state index in [1.54, 1.807) is 7.11 Å². The SMILES string of the molecule is COc1ccc(C[NH2+][C@H](Cc2ccccc2)C(=O)N2CCCC2)cc1. The molecule has 0 aromatic heterocycles. The third-order valence-electron chi connectivity index (χ3n) is 4.83. The van der Waals surface area contributed by atoms with Gasteiger partial charge in [-0.3, -0.25) is 4.79 Å². The van der Waals surface area contributed by atoms with Crippen LogP contribution in [-0.2, 0) is 17.8 Å². The second kappa shape index (κ2) is 8.67. The van der Waals surface area contributed by atoms with E-state index in [-0.39, 0.29) is 11.9 Å². The zero-order valence-corrected chi connectivity index (χ0v) is 14.9. The zero-order valence-electron chi connectivity index (χ0n) is 14.9. The number of amides is 1. The Balaban J connectivity index is 1.67. The second-order valence-electron chi connectivity index (χ2n) is 6.62. The van der Waals surface area contributed by atoms with Crippen LogP contribution >= 0.6 is 0 Å². The summed E-state index contributed by atoms with van der Waals surface area (Å²) < 4.78 is 5.21. The topological polar surface area (TPSA) is 46.1 Å². The van der Waals surface area contributed by atoms with Gasteiger partial charge in [-0.05, 0) is 42.7 Å². The van der Waals surface area contributed by atoms with Crippen molar-refractivity contribution in [2.24, 2.45) is 0 Å². The Bertz CT molecular complexity index is 664. The average Bonchev–Trinajstić information content (AvgIpc) is 3.20. The molecule has 0 spiro atoms. The van der Waals surface area contributed by atoms with Crippen molar-refractivity contribution in [3.05, 3.63) is 65.7 Å². The minimum atomic E-state index is -0.0670. The quantitative estimate of drug-likeness (QED) is 0.839. The Morgan fingerprint density at radius 3 is 2.36 bits per heavy atom. The van der Waals surface area contributed by atoms with Gasteiger partial charge in [0, 0.05) is 25.1 Å². The Kier molecular flexibility index (Phi) is 6.07. The molecule has 0 aliphatic carbocycles. The number of nitrogens with two attached hydrogens (primary N) is 1. The molecular formula is C21H27N2O2+. The van der Waals surface area contributed by atoms with E-state index >= 15 is 0 Å². The van der Waals surface area contributed by atoms with Crippen molar-refractivity contribution in [3.63, 3.8) is 0 Å². The molecule has 25 heavy (non-hydrogen) atoms. The largest absolute Gasteiger partial charge is 0.497 e. The number of ether oxygens (including phenoxy) is 1. The smallest absolute Gasteiger partial charge is 0.281 e. The number of hydrogen-bond donors (Lipinski definition) is 1. The molecule has 3 rings (SSSR count). The summed E-state index contributed by atoms with van der Waals surface area (Å²) in [7, 11) is 1.67. The Morgan fingerprint density at radius 2 is 1.72 bits per heavy atom. The fourth-order valence-corrected chi connectivity index (χ4v) is 3.35. The molecule has 4 heteroatoms. The average molecular weight is 339 g/mol. The first-order chi connectivity index (χ1) is 12.3. The number of likely N-dealkylation sites (tertiary alicyclic amines) is 1. The maximum Gasteiger partial charge on any atom is 0.281 e. The van der Waals surface area contributed by atoms with Gasteiger partial charge in [-0.25, -0.2) is 0 Å². The first-order valence-electron chi connectivity index (χ1n) is 9.05. The fourth-order valence-electron chi connectivity index (χ4n) is 3.35. The number of hydrogen-bond acceptors (Lipinski definition) is 2. The van der Waals surface area contributed by atoms with Gasteiger partial charge in [-0.2, -0.15) is 0 Å². The van der Waals surface area contributed by atoms with Crippen molar-refractivity contribution >= 4 is 5.91 Å². The number of methoxy groups -OCH3 is 1. The van der Waals surface area contributed by atoms with Gasteiger partial charge in [-0.1, -0.05) is 30.3 Å². The molecule has 1 fully saturated rings. The van der Waals surface area contributed by atoms with Gasteiger partial charge in [0.15, 0.2) is 6.04 Å². The van der Waals surface area contributed by atoms with Gasteiger partial charge in [0.05, 0.1) is 7.11 Å². The first-order valence-corrected chi connectivity index (χ1v) is 9.05. The molecular weight excluding hydrogens is 312 g/mol. The van der Waals surface area contributed by atoms with Crippen molar-refractivity contribution in [2.75, 3.05) is 20.2 Å². The molecule has 2 aromatic rings.